The second kappa shape index (κ2) is 7.21. The molecule has 2 aliphatic rings. The molecule has 4 rings (SSSR count). The Labute approximate surface area is 147 Å². The lowest BCUT2D eigenvalue weighted by atomic mass is 9.97. The zero-order chi connectivity index (χ0) is 17.1. The van der Waals surface area contributed by atoms with Gasteiger partial charge in [0.1, 0.15) is 18.0 Å². The van der Waals surface area contributed by atoms with Crippen molar-refractivity contribution >= 4 is 11.7 Å². The number of aromatic amines is 1. The number of rotatable bonds is 3. The fraction of sp³-hybridized carbons (Fsp3) is 0.556. The molecule has 2 aromatic rings. The Morgan fingerprint density at radius 1 is 1.12 bits per heavy atom. The van der Waals surface area contributed by atoms with E-state index >= 15 is 0 Å². The number of pyridine rings is 1. The Bertz CT molecular complexity index is 710. The maximum Gasteiger partial charge on any atom is 0.254 e. The number of amides is 1. The first-order valence-corrected chi connectivity index (χ1v) is 9.17. The molecule has 7 heteroatoms. The Morgan fingerprint density at radius 2 is 2.00 bits per heavy atom. The highest BCUT2D eigenvalue weighted by Gasteiger charge is 2.25. The number of carbonyl (C=O) groups is 1. The Morgan fingerprint density at radius 3 is 2.80 bits per heavy atom. The standard InChI is InChI=1S/C18H24N6O/c25-18(23-8-2-1-3-9-23)14-6-7-19-16(11-14)24-10-4-5-15(12-24)17-20-13-21-22-17/h6-7,11,13,15H,1-5,8-10,12H2,(H,20,21,22). The van der Waals surface area contributed by atoms with E-state index in [1.807, 2.05) is 17.0 Å². The largest absolute Gasteiger partial charge is 0.356 e. The SMILES string of the molecule is O=C(c1ccnc(N2CCCC(c3ncn[nH]3)C2)c1)N1CCCCC1. The number of piperidine rings is 2. The molecule has 2 saturated heterocycles. The molecule has 1 unspecified atom stereocenters. The van der Waals surface area contributed by atoms with Crippen molar-refractivity contribution in [3.05, 3.63) is 36.0 Å². The van der Waals surface area contributed by atoms with Gasteiger partial charge in [-0.15, -0.1) is 0 Å². The Balaban J connectivity index is 1.49. The number of anilines is 1. The van der Waals surface area contributed by atoms with Crippen LogP contribution >= 0.6 is 0 Å². The molecule has 0 spiro atoms. The van der Waals surface area contributed by atoms with Gasteiger partial charge in [-0.05, 0) is 44.2 Å². The van der Waals surface area contributed by atoms with E-state index in [4.69, 9.17) is 0 Å². The van der Waals surface area contributed by atoms with Crippen LogP contribution < -0.4 is 4.90 Å². The van der Waals surface area contributed by atoms with Crippen molar-refractivity contribution in [3.63, 3.8) is 0 Å². The van der Waals surface area contributed by atoms with Crippen LogP contribution in [0.3, 0.4) is 0 Å². The summed E-state index contributed by atoms with van der Waals surface area (Å²) in [6, 6.07) is 3.78. The number of hydrogen-bond donors (Lipinski definition) is 1. The van der Waals surface area contributed by atoms with Crippen molar-refractivity contribution < 1.29 is 4.79 Å². The third kappa shape index (κ3) is 3.50. The number of nitrogens with zero attached hydrogens (tertiary/aromatic N) is 5. The highest BCUT2D eigenvalue weighted by Crippen LogP contribution is 2.27. The van der Waals surface area contributed by atoms with Crippen LogP contribution in [0, 0.1) is 0 Å². The number of nitrogens with one attached hydrogen (secondary N) is 1. The number of aromatic nitrogens is 4. The van der Waals surface area contributed by atoms with Crippen LogP contribution in [-0.2, 0) is 0 Å². The topological polar surface area (TPSA) is 78.0 Å². The van der Waals surface area contributed by atoms with Crippen LogP contribution in [0.1, 0.15) is 54.2 Å². The van der Waals surface area contributed by atoms with Gasteiger partial charge in [-0.2, -0.15) is 5.10 Å². The normalized spacial score (nSPS) is 21.4. The minimum Gasteiger partial charge on any atom is -0.356 e. The summed E-state index contributed by atoms with van der Waals surface area (Å²) in [5.41, 5.74) is 0.744. The second-order valence-electron chi connectivity index (χ2n) is 6.91. The van der Waals surface area contributed by atoms with E-state index in [0.29, 0.717) is 5.92 Å². The Kier molecular flexibility index (Phi) is 4.63. The van der Waals surface area contributed by atoms with E-state index in [-0.39, 0.29) is 5.91 Å². The van der Waals surface area contributed by atoms with E-state index in [9.17, 15) is 4.79 Å². The number of carbonyl (C=O) groups excluding carboxylic acids is 1. The van der Waals surface area contributed by atoms with Crippen LogP contribution in [0.2, 0.25) is 0 Å². The van der Waals surface area contributed by atoms with Gasteiger partial charge < -0.3 is 9.80 Å². The molecule has 7 nitrogen and oxygen atoms in total. The first-order chi connectivity index (χ1) is 12.3. The molecule has 4 heterocycles. The monoisotopic (exact) mass is 340 g/mol. The average molecular weight is 340 g/mol. The zero-order valence-corrected chi connectivity index (χ0v) is 14.4. The summed E-state index contributed by atoms with van der Waals surface area (Å²) in [6.45, 7) is 3.55. The molecule has 0 aromatic carbocycles. The number of H-pyrrole nitrogens is 1. The minimum atomic E-state index is 0.132. The number of likely N-dealkylation sites (tertiary alicyclic amines) is 1. The highest BCUT2D eigenvalue weighted by molar-refractivity contribution is 5.94. The molecule has 2 fully saturated rings. The molecule has 25 heavy (non-hydrogen) atoms. The summed E-state index contributed by atoms with van der Waals surface area (Å²) >= 11 is 0. The van der Waals surface area contributed by atoms with E-state index in [1.165, 1.54) is 6.42 Å². The molecule has 132 valence electrons. The average Bonchev–Trinajstić information content (AvgIpc) is 3.23. The predicted molar refractivity (Wildman–Crippen MR) is 94.6 cm³/mol. The van der Waals surface area contributed by atoms with Crippen LogP contribution in [0.15, 0.2) is 24.7 Å². The molecule has 2 aromatic heterocycles. The van der Waals surface area contributed by atoms with Crippen molar-refractivity contribution in [3.8, 4) is 0 Å². The lowest BCUT2D eigenvalue weighted by Crippen LogP contribution is -2.37. The maximum atomic E-state index is 12.7. The molecule has 2 aliphatic heterocycles. The summed E-state index contributed by atoms with van der Waals surface area (Å²) in [5.74, 6) is 2.28. The van der Waals surface area contributed by atoms with Gasteiger partial charge in [-0.25, -0.2) is 9.97 Å². The van der Waals surface area contributed by atoms with Crippen LogP contribution in [0.4, 0.5) is 5.82 Å². The first-order valence-electron chi connectivity index (χ1n) is 9.17. The third-order valence-corrected chi connectivity index (χ3v) is 5.20. The van der Waals surface area contributed by atoms with E-state index in [0.717, 1.165) is 69.1 Å². The van der Waals surface area contributed by atoms with Gasteiger partial charge in [0.05, 0.1) is 0 Å². The van der Waals surface area contributed by atoms with Crippen molar-refractivity contribution in [2.75, 3.05) is 31.1 Å². The van der Waals surface area contributed by atoms with Gasteiger partial charge in [0.25, 0.3) is 5.91 Å². The Hall–Kier alpha value is -2.44. The third-order valence-electron chi connectivity index (χ3n) is 5.20. The smallest absolute Gasteiger partial charge is 0.254 e. The fourth-order valence-corrected chi connectivity index (χ4v) is 3.82. The van der Waals surface area contributed by atoms with Crippen LogP contribution in [-0.4, -0.2) is 57.2 Å². The lowest BCUT2D eigenvalue weighted by Gasteiger charge is -2.33. The summed E-state index contributed by atoms with van der Waals surface area (Å²) in [5, 5.41) is 6.95. The van der Waals surface area contributed by atoms with Gasteiger partial charge in [-0.3, -0.25) is 9.89 Å². The van der Waals surface area contributed by atoms with Crippen LogP contribution in [0.25, 0.3) is 0 Å². The quantitative estimate of drug-likeness (QED) is 0.927. The van der Waals surface area contributed by atoms with Gasteiger partial charge >= 0.3 is 0 Å². The highest BCUT2D eigenvalue weighted by atomic mass is 16.2. The summed E-state index contributed by atoms with van der Waals surface area (Å²) < 4.78 is 0. The van der Waals surface area contributed by atoms with Gasteiger partial charge in [0.15, 0.2) is 0 Å². The number of hydrogen-bond acceptors (Lipinski definition) is 5. The molecule has 0 saturated carbocycles. The molecule has 1 amide bonds. The lowest BCUT2D eigenvalue weighted by molar-refractivity contribution is 0.0724. The van der Waals surface area contributed by atoms with Gasteiger partial charge in [-0.1, -0.05) is 0 Å². The molecule has 0 radical (unpaired) electrons. The van der Waals surface area contributed by atoms with E-state index < -0.39 is 0 Å². The van der Waals surface area contributed by atoms with Crippen molar-refractivity contribution in [1.82, 2.24) is 25.1 Å². The second-order valence-corrected chi connectivity index (χ2v) is 6.91. The summed E-state index contributed by atoms with van der Waals surface area (Å²) in [7, 11) is 0. The molecular weight excluding hydrogens is 316 g/mol. The zero-order valence-electron chi connectivity index (χ0n) is 14.4. The van der Waals surface area contributed by atoms with Crippen molar-refractivity contribution in [1.29, 1.82) is 0 Å². The van der Waals surface area contributed by atoms with Gasteiger partial charge in [0, 0.05) is 43.9 Å². The van der Waals surface area contributed by atoms with Crippen LogP contribution in [0.5, 0.6) is 0 Å². The molecule has 0 bridgehead atoms. The molecule has 1 atom stereocenters. The molecule has 0 aliphatic carbocycles. The summed E-state index contributed by atoms with van der Waals surface area (Å²) in [6.07, 6.45) is 8.93. The summed E-state index contributed by atoms with van der Waals surface area (Å²) in [4.78, 5) is 25.8. The van der Waals surface area contributed by atoms with E-state index in [1.54, 1.807) is 12.5 Å². The van der Waals surface area contributed by atoms with Crippen molar-refractivity contribution in [2.45, 2.75) is 38.0 Å². The minimum absolute atomic E-state index is 0.132. The maximum absolute atomic E-state index is 12.7. The molecular formula is C18H24N6O. The fourth-order valence-electron chi connectivity index (χ4n) is 3.82. The van der Waals surface area contributed by atoms with Gasteiger partial charge in [0.2, 0.25) is 0 Å². The predicted octanol–water partition coefficient (Wildman–Crippen LogP) is 2.21. The molecule has 1 N–H and O–H groups in total. The first kappa shape index (κ1) is 16.1. The van der Waals surface area contributed by atoms with Crippen molar-refractivity contribution in [2.24, 2.45) is 0 Å². The van der Waals surface area contributed by atoms with E-state index in [2.05, 4.69) is 25.1 Å².